The fourth-order valence-corrected chi connectivity index (χ4v) is 5.29. The molecule has 0 saturated carbocycles. The van der Waals surface area contributed by atoms with Gasteiger partial charge in [-0.2, -0.15) is 11.8 Å². The van der Waals surface area contributed by atoms with Crippen LogP contribution in [0, 0.1) is 0 Å². The van der Waals surface area contributed by atoms with Gasteiger partial charge >= 0.3 is 0 Å². The van der Waals surface area contributed by atoms with E-state index in [0.29, 0.717) is 10.5 Å². The van der Waals surface area contributed by atoms with Gasteiger partial charge in [-0.05, 0) is 37.8 Å². The molecule has 2 aromatic heterocycles. The van der Waals surface area contributed by atoms with Crippen molar-refractivity contribution in [2.45, 2.75) is 41.8 Å². The number of nitrogens with zero attached hydrogens (tertiary/aromatic N) is 2. The molecule has 2 fully saturated rings. The summed E-state index contributed by atoms with van der Waals surface area (Å²) in [4.78, 5) is 4.31. The van der Waals surface area contributed by atoms with Gasteiger partial charge in [0.15, 0.2) is 0 Å². The summed E-state index contributed by atoms with van der Waals surface area (Å²) in [7, 11) is 0. The Labute approximate surface area is 110 Å². The molecule has 0 amide bonds. The van der Waals surface area contributed by atoms with Gasteiger partial charge in [-0.3, -0.25) is 0 Å². The molecule has 3 nitrogen and oxygen atoms in total. The van der Waals surface area contributed by atoms with Crippen molar-refractivity contribution in [3.8, 4) is 0 Å². The van der Waals surface area contributed by atoms with Crippen molar-refractivity contribution in [1.82, 2.24) is 9.38 Å². The van der Waals surface area contributed by atoms with Crippen LogP contribution in [0.4, 0.5) is 0 Å². The molecule has 0 aliphatic carbocycles. The molecule has 0 aromatic carbocycles. The average Bonchev–Trinajstić information content (AvgIpc) is 2.95. The third kappa shape index (κ3) is 1.52. The summed E-state index contributed by atoms with van der Waals surface area (Å²) >= 11 is 2.07. The molecule has 0 radical (unpaired) electrons. The van der Waals surface area contributed by atoms with Gasteiger partial charge in [0.05, 0.1) is 5.69 Å². The predicted octanol–water partition coefficient (Wildman–Crippen LogP) is 2.58. The molecule has 2 aliphatic rings. The van der Waals surface area contributed by atoms with E-state index in [-0.39, 0.29) is 0 Å². The van der Waals surface area contributed by atoms with E-state index < -0.39 is 5.60 Å². The Kier molecular flexibility index (Phi) is 2.26. The Morgan fingerprint density at radius 2 is 2.06 bits per heavy atom. The van der Waals surface area contributed by atoms with Gasteiger partial charge in [-0.25, -0.2) is 4.98 Å². The molecule has 2 unspecified atom stereocenters. The predicted molar refractivity (Wildman–Crippen MR) is 72.7 cm³/mol. The smallest absolute Gasteiger partial charge is 0.136 e. The number of thioether (sulfide) groups is 1. The van der Waals surface area contributed by atoms with E-state index in [9.17, 15) is 5.11 Å². The second-order valence-electron chi connectivity index (χ2n) is 5.46. The Hall–Kier alpha value is -1.000. The number of aromatic nitrogens is 2. The highest BCUT2D eigenvalue weighted by Gasteiger charge is 2.45. The number of fused-ring (bicyclic) bond motifs is 3. The fraction of sp³-hybridized carbons (Fsp3) is 0.500. The van der Waals surface area contributed by atoms with Crippen LogP contribution in [0.2, 0.25) is 0 Å². The van der Waals surface area contributed by atoms with Crippen LogP contribution in [0.5, 0.6) is 0 Å². The molecular formula is C14H16N2OS. The third-order valence-electron chi connectivity index (χ3n) is 4.23. The van der Waals surface area contributed by atoms with Crippen LogP contribution >= 0.6 is 11.8 Å². The topological polar surface area (TPSA) is 37.5 Å². The molecule has 2 atom stereocenters. The number of aliphatic hydroxyl groups is 1. The molecule has 0 spiro atoms. The number of imidazole rings is 1. The molecule has 2 aliphatic heterocycles. The largest absolute Gasteiger partial charge is 0.384 e. The maximum Gasteiger partial charge on any atom is 0.136 e. The van der Waals surface area contributed by atoms with Crippen molar-refractivity contribution in [3.05, 3.63) is 36.3 Å². The molecule has 2 aromatic rings. The van der Waals surface area contributed by atoms with E-state index >= 15 is 0 Å². The fourth-order valence-electron chi connectivity index (χ4n) is 3.45. The zero-order valence-corrected chi connectivity index (χ0v) is 10.9. The molecule has 2 saturated heterocycles. The maximum atomic E-state index is 11.1. The van der Waals surface area contributed by atoms with Crippen molar-refractivity contribution in [2.75, 3.05) is 0 Å². The van der Waals surface area contributed by atoms with Crippen molar-refractivity contribution < 1.29 is 5.11 Å². The van der Waals surface area contributed by atoms with Crippen molar-refractivity contribution in [2.24, 2.45) is 0 Å². The van der Waals surface area contributed by atoms with Crippen LogP contribution in [0.15, 0.2) is 30.6 Å². The number of pyridine rings is 1. The Morgan fingerprint density at radius 3 is 2.83 bits per heavy atom. The van der Waals surface area contributed by atoms with Gasteiger partial charge < -0.3 is 9.51 Å². The molecule has 4 rings (SSSR count). The third-order valence-corrected chi connectivity index (χ3v) is 5.81. The van der Waals surface area contributed by atoms with E-state index in [1.165, 1.54) is 12.8 Å². The summed E-state index contributed by atoms with van der Waals surface area (Å²) in [5.41, 5.74) is 1.26. The highest BCUT2D eigenvalue weighted by molar-refractivity contribution is 8.00. The monoisotopic (exact) mass is 260 g/mol. The van der Waals surface area contributed by atoms with Gasteiger partial charge in [0.2, 0.25) is 0 Å². The second kappa shape index (κ2) is 3.75. The lowest BCUT2D eigenvalue weighted by Gasteiger charge is -2.36. The maximum absolute atomic E-state index is 11.1. The van der Waals surface area contributed by atoms with Crippen LogP contribution in [-0.2, 0) is 5.60 Å². The summed E-state index contributed by atoms with van der Waals surface area (Å²) in [5, 5.41) is 12.3. The second-order valence-corrected chi connectivity index (χ2v) is 7.07. The first-order valence-corrected chi connectivity index (χ1v) is 7.49. The van der Waals surface area contributed by atoms with E-state index in [0.717, 1.165) is 24.2 Å². The van der Waals surface area contributed by atoms with Crippen molar-refractivity contribution >= 4 is 17.4 Å². The minimum absolute atomic E-state index is 0.632. The Morgan fingerprint density at radius 1 is 1.28 bits per heavy atom. The van der Waals surface area contributed by atoms with Crippen LogP contribution in [0.25, 0.3) is 5.65 Å². The van der Waals surface area contributed by atoms with Crippen LogP contribution in [0.1, 0.15) is 31.4 Å². The summed E-state index contributed by atoms with van der Waals surface area (Å²) in [5.74, 6) is 0. The van der Waals surface area contributed by atoms with Crippen LogP contribution in [-0.4, -0.2) is 25.0 Å². The normalized spacial score (nSPS) is 35.2. The summed E-state index contributed by atoms with van der Waals surface area (Å²) < 4.78 is 2.04. The van der Waals surface area contributed by atoms with Gasteiger partial charge in [-0.15, -0.1) is 0 Å². The highest BCUT2D eigenvalue weighted by Crippen LogP contribution is 2.51. The summed E-state index contributed by atoms with van der Waals surface area (Å²) in [6, 6.07) is 6.03. The molecule has 18 heavy (non-hydrogen) atoms. The lowest BCUT2D eigenvalue weighted by molar-refractivity contribution is 0.0143. The van der Waals surface area contributed by atoms with Crippen molar-refractivity contribution in [1.29, 1.82) is 0 Å². The number of hydrogen-bond acceptors (Lipinski definition) is 3. The summed E-state index contributed by atoms with van der Waals surface area (Å²) in [6.07, 6.45) is 8.03. The van der Waals surface area contributed by atoms with Crippen molar-refractivity contribution in [3.63, 3.8) is 0 Å². The summed E-state index contributed by atoms with van der Waals surface area (Å²) in [6.45, 7) is 0. The molecule has 4 heteroatoms. The van der Waals surface area contributed by atoms with Gasteiger partial charge in [-0.1, -0.05) is 6.07 Å². The first-order chi connectivity index (χ1) is 8.74. The van der Waals surface area contributed by atoms with Gasteiger partial charge in [0, 0.05) is 22.9 Å². The Balaban J connectivity index is 1.84. The number of hydrogen-bond donors (Lipinski definition) is 1. The zero-order valence-electron chi connectivity index (χ0n) is 10.1. The number of rotatable bonds is 1. The molecule has 2 bridgehead atoms. The zero-order chi connectivity index (χ0) is 12.2. The molecular weight excluding hydrogens is 244 g/mol. The van der Waals surface area contributed by atoms with Gasteiger partial charge in [0.1, 0.15) is 11.2 Å². The first-order valence-electron chi connectivity index (χ1n) is 6.55. The SMILES string of the molecule is OC1(c2cccc3nccn23)CC2CCC(C1)S2. The van der Waals surface area contributed by atoms with E-state index in [1.54, 1.807) is 6.20 Å². The quantitative estimate of drug-likeness (QED) is 0.856. The van der Waals surface area contributed by atoms with Gasteiger partial charge in [0.25, 0.3) is 0 Å². The highest BCUT2D eigenvalue weighted by atomic mass is 32.2. The van der Waals surface area contributed by atoms with E-state index in [4.69, 9.17) is 0 Å². The molecule has 4 heterocycles. The van der Waals surface area contributed by atoms with Crippen LogP contribution in [0.3, 0.4) is 0 Å². The van der Waals surface area contributed by atoms with Crippen LogP contribution < -0.4 is 0 Å². The standard InChI is InChI=1S/C14H16N2OS/c17-14(8-10-4-5-11(9-14)18-10)12-2-1-3-13-15-6-7-16(12)13/h1-3,6-7,10-11,17H,4-5,8-9H2. The minimum atomic E-state index is -0.669. The average molecular weight is 260 g/mol. The molecule has 1 N–H and O–H groups in total. The first kappa shape index (κ1) is 10.9. The van der Waals surface area contributed by atoms with E-state index in [2.05, 4.69) is 16.7 Å². The molecule has 94 valence electrons. The van der Waals surface area contributed by atoms with E-state index in [1.807, 2.05) is 28.8 Å². The lowest BCUT2D eigenvalue weighted by atomic mass is 9.89. The minimum Gasteiger partial charge on any atom is -0.384 e. The Bertz CT molecular complexity index is 582. The lowest BCUT2D eigenvalue weighted by Crippen LogP contribution is -2.36.